The average Bonchev–Trinajstić information content (AvgIpc) is 2.67. The van der Waals surface area contributed by atoms with Crippen LogP contribution >= 0.6 is 11.8 Å². The second-order valence-corrected chi connectivity index (χ2v) is 7.38. The van der Waals surface area contributed by atoms with Crippen LogP contribution in [0.3, 0.4) is 0 Å². The molecule has 1 atom stereocenters. The maximum Gasteiger partial charge on any atom is 0.307 e. The number of benzene rings is 2. The minimum absolute atomic E-state index is 0.125. The van der Waals surface area contributed by atoms with E-state index in [4.69, 9.17) is 4.74 Å². The molecule has 2 amide bonds. The van der Waals surface area contributed by atoms with E-state index in [-0.39, 0.29) is 24.0 Å². The first-order valence-corrected chi connectivity index (χ1v) is 9.43. The molecule has 0 aliphatic carbocycles. The number of carbonyl (C=O) groups excluding carboxylic acids is 4. The molecular weight excluding hydrogens is 380 g/mol. The topological polar surface area (TPSA) is 102 Å². The van der Waals surface area contributed by atoms with Crippen LogP contribution < -0.4 is 10.6 Å². The molecule has 2 aromatic carbocycles. The molecule has 0 saturated heterocycles. The van der Waals surface area contributed by atoms with Gasteiger partial charge in [-0.05, 0) is 36.4 Å². The van der Waals surface area contributed by atoms with Crippen LogP contribution in [0.25, 0.3) is 0 Å². The van der Waals surface area contributed by atoms with E-state index in [1.165, 1.54) is 18.7 Å². The first-order valence-electron chi connectivity index (χ1n) is 8.55. The molecule has 1 aliphatic heterocycles. The molecule has 1 heterocycles. The van der Waals surface area contributed by atoms with Crippen LogP contribution in [-0.4, -0.2) is 35.4 Å². The normalized spacial score (nSPS) is 15.2. The van der Waals surface area contributed by atoms with E-state index in [1.807, 2.05) is 18.2 Å². The Morgan fingerprint density at radius 1 is 1.11 bits per heavy atom. The lowest BCUT2D eigenvalue weighted by molar-refractivity contribution is -0.143. The van der Waals surface area contributed by atoms with E-state index in [0.29, 0.717) is 11.3 Å². The Morgan fingerprint density at radius 3 is 2.54 bits per heavy atom. The number of fused-ring (bicyclic) bond motifs is 1. The number of amides is 2. The third-order valence-electron chi connectivity index (χ3n) is 3.95. The van der Waals surface area contributed by atoms with E-state index in [2.05, 4.69) is 10.6 Å². The fourth-order valence-corrected chi connectivity index (χ4v) is 3.70. The predicted octanol–water partition coefficient (Wildman–Crippen LogP) is 2.87. The number of ether oxygens (including phenoxy) is 1. The Bertz CT molecular complexity index is 926. The number of carbonyl (C=O) groups is 4. The molecule has 3 rings (SSSR count). The summed E-state index contributed by atoms with van der Waals surface area (Å²) in [5, 5.41) is 4.76. The minimum Gasteiger partial charge on any atom is -0.457 e. The molecule has 8 heteroatoms. The van der Waals surface area contributed by atoms with Crippen LogP contribution in [0.4, 0.5) is 11.4 Å². The van der Waals surface area contributed by atoms with Gasteiger partial charge in [0.05, 0.1) is 17.4 Å². The van der Waals surface area contributed by atoms with Crippen molar-refractivity contribution in [3.8, 4) is 0 Å². The van der Waals surface area contributed by atoms with Gasteiger partial charge >= 0.3 is 5.97 Å². The molecule has 2 aromatic rings. The standard InChI is InChI=1S/C20H18N2O5S/c1-12(23)21-14-8-6-13(7-9-14)16(24)11-27-19(25)10-18-20(26)22-15-4-2-3-5-17(15)28-18/h2-9,18H,10-11H2,1H3,(H,21,23)(H,22,26)/t18-/m0/s1. The fraction of sp³-hybridized carbons (Fsp3) is 0.200. The molecule has 1 aliphatic rings. The Balaban J connectivity index is 1.51. The summed E-state index contributed by atoms with van der Waals surface area (Å²) in [6, 6.07) is 13.6. The number of para-hydroxylation sites is 1. The lowest BCUT2D eigenvalue weighted by Crippen LogP contribution is -2.31. The highest BCUT2D eigenvalue weighted by molar-refractivity contribution is 8.01. The average molecular weight is 398 g/mol. The molecule has 0 spiro atoms. The van der Waals surface area contributed by atoms with Gasteiger partial charge in [0, 0.05) is 23.1 Å². The number of ketones is 1. The number of hydrogen-bond acceptors (Lipinski definition) is 6. The van der Waals surface area contributed by atoms with Crippen molar-refractivity contribution in [3.05, 3.63) is 54.1 Å². The molecule has 0 saturated carbocycles. The number of thioether (sulfide) groups is 1. The Hall–Kier alpha value is -3.13. The van der Waals surface area contributed by atoms with Crippen molar-refractivity contribution in [1.29, 1.82) is 0 Å². The van der Waals surface area contributed by atoms with Gasteiger partial charge in [-0.2, -0.15) is 0 Å². The number of Topliss-reactive ketones (excluding diaryl/α,β-unsaturated/α-hetero) is 1. The zero-order chi connectivity index (χ0) is 20.1. The summed E-state index contributed by atoms with van der Waals surface area (Å²) >= 11 is 1.30. The third kappa shape index (κ3) is 4.98. The Kier molecular flexibility index (Phi) is 6.10. The lowest BCUT2D eigenvalue weighted by Gasteiger charge is -2.23. The van der Waals surface area contributed by atoms with E-state index in [9.17, 15) is 19.2 Å². The minimum atomic E-state index is -0.616. The predicted molar refractivity (Wildman–Crippen MR) is 105 cm³/mol. The van der Waals surface area contributed by atoms with Gasteiger partial charge in [-0.15, -0.1) is 11.8 Å². The summed E-state index contributed by atoms with van der Waals surface area (Å²) in [5.41, 5.74) is 1.65. The van der Waals surface area contributed by atoms with Crippen LogP contribution in [0.5, 0.6) is 0 Å². The smallest absolute Gasteiger partial charge is 0.307 e. The van der Waals surface area contributed by atoms with Crippen molar-refractivity contribution in [1.82, 2.24) is 0 Å². The van der Waals surface area contributed by atoms with Crippen molar-refractivity contribution in [2.45, 2.75) is 23.5 Å². The molecule has 7 nitrogen and oxygen atoms in total. The van der Waals surface area contributed by atoms with E-state index < -0.39 is 17.8 Å². The molecular formula is C20H18N2O5S. The van der Waals surface area contributed by atoms with E-state index in [1.54, 1.807) is 30.3 Å². The van der Waals surface area contributed by atoms with Crippen molar-refractivity contribution < 1.29 is 23.9 Å². The quantitative estimate of drug-likeness (QED) is 0.573. The number of esters is 1. The zero-order valence-corrected chi connectivity index (χ0v) is 15.9. The number of anilines is 2. The SMILES string of the molecule is CC(=O)Nc1ccc(C(=O)COC(=O)C[C@@H]2Sc3ccccc3NC2=O)cc1. The van der Waals surface area contributed by atoms with Gasteiger partial charge in [-0.3, -0.25) is 19.2 Å². The summed E-state index contributed by atoms with van der Waals surface area (Å²) in [4.78, 5) is 48.2. The van der Waals surface area contributed by atoms with Crippen LogP contribution in [0.1, 0.15) is 23.7 Å². The van der Waals surface area contributed by atoms with Gasteiger partial charge in [0.2, 0.25) is 11.8 Å². The van der Waals surface area contributed by atoms with Crippen molar-refractivity contribution in [3.63, 3.8) is 0 Å². The first-order chi connectivity index (χ1) is 13.4. The highest BCUT2D eigenvalue weighted by Gasteiger charge is 2.29. The summed E-state index contributed by atoms with van der Waals surface area (Å²) in [7, 11) is 0. The fourth-order valence-electron chi connectivity index (χ4n) is 2.61. The van der Waals surface area contributed by atoms with Gasteiger partial charge in [0.1, 0.15) is 0 Å². The van der Waals surface area contributed by atoms with Crippen molar-refractivity contribution in [2.75, 3.05) is 17.2 Å². The molecule has 144 valence electrons. The molecule has 0 radical (unpaired) electrons. The lowest BCUT2D eigenvalue weighted by atomic mass is 10.1. The first kappa shape index (κ1) is 19.6. The molecule has 2 N–H and O–H groups in total. The third-order valence-corrected chi connectivity index (χ3v) is 5.23. The van der Waals surface area contributed by atoms with Crippen LogP contribution in [0.2, 0.25) is 0 Å². The highest BCUT2D eigenvalue weighted by atomic mass is 32.2. The molecule has 0 aromatic heterocycles. The van der Waals surface area contributed by atoms with Crippen molar-refractivity contribution in [2.24, 2.45) is 0 Å². The van der Waals surface area contributed by atoms with Gasteiger partial charge in [0.25, 0.3) is 0 Å². The maximum absolute atomic E-state index is 12.2. The zero-order valence-electron chi connectivity index (χ0n) is 15.1. The maximum atomic E-state index is 12.2. The number of rotatable bonds is 6. The monoisotopic (exact) mass is 398 g/mol. The molecule has 0 unspecified atom stereocenters. The summed E-state index contributed by atoms with van der Waals surface area (Å²) in [6.07, 6.45) is -0.125. The number of hydrogen-bond donors (Lipinski definition) is 2. The molecule has 0 bridgehead atoms. The van der Waals surface area contributed by atoms with Crippen LogP contribution in [-0.2, 0) is 19.1 Å². The second-order valence-electron chi connectivity index (χ2n) is 6.14. The Morgan fingerprint density at radius 2 is 1.82 bits per heavy atom. The highest BCUT2D eigenvalue weighted by Crippen LogP contribution is 2.36. The van der Waals surface area contributed by atoms with E-state index in [0.717, 1.165) is 10.6 Å². The van der Waals surface area contributed by atoms with Crippen LogP contribution in [0.15, 0.2) is 53.4 Å². The Labute approximate surface area is 165 Å². The van der Waals surface area contributed by atoms with Gasteiger partial charge in [0.15, 0.2) is 12.4 Å². The number of nitrogens with one attached hydrogen (secondary N) is 2. The summed E-state index contributed by atoms with van der Waals surface area (Å²) in [5.74, 6) is -1.45. The van der Waals surface area contributed by atoms with Gasteiger partial charge in [-0.25, -0.2) is 0 Å². The summed E-state index contributed by atoms with van der Waals surface area (Å²) < 4.78 is 5.04. The molecule has 28 heavy (non-hydrogen) atoms. The van der Waals surface area contributed by atoms with Gasteiger partial charge in [-0.1, -0.05) is 12.1 Å². The largest absolute Gasteiger partial charge is 0.457 e. The van der Waals surface area contributed by atoms with Gasteiger partial charge < -0.3 is 15.4 Å². The van der Waals surface area contributed by atoms with Crippen LogP contribution in [0, 0.1) is 0 Å². The summed E-state index contributed by atoms with van der Waals surface area (Å²) in [6.45, 7) is 0.982. The van der Waals surface area contributed by atoms with Crippen molar-refractivity contribution >= 4 is 46.7 Å². The second kappa shape index (κ2) is 8.71. The molecule has 0 fully saturated rings. The van der Waals surface area contributed by atoms with E-state index >= 15 is 0 Å².